The summed E-state index contributed by atoms with van der Waals surface area (Å²) in [5, 5.41) is 1.20. The van der Waals surface area contributed by atoms with E-state index in [4.69, 9.17) is 21.3 Å². The lowest BCUT2D eigenvalue weighted by molar-refractivity contribution is 0.150. The molecule has 0 radical (unpaired) electrons. The Bertz CT molecular complexity index is 806. The number of pyridine rings is 1. The van der Waals surface area contributed by atoms with Crippen molar-refractivity contribution in [1.29, 1.82) is 0 Å². The molecule has 0 spiro atoms. The van der Waals surface area contributed by atoms with E-state index in [1.54, 1.807) is 0 Å². The van der Waals surface area contributed by atoms with E-state index < -0.39 is 5.82 Å². The van der Waals surface area contributed by atoms with Gasteiger partial charge in [-0.3, -0.25) is 0 Å². The molecule has 25 heavy (non-hydrogen) atoms. The first kappa shape index (κ1) is 17.2. The average Bonchev–Trinajstić information content (AvgIpc) is 2.82. The van der Waals surface area contributed by atoms with E-state index >= 15 is 0 Å². The predicted octanol–water partition coefficient (Wildman–Crippen LogP) is 3.86. The summed E-state index contributed by atoms with van der Waals surface area (Å²) in [4.78, 5) is 15.8. The van der Waals surface area contributed by atoms with Crippen LogP contribution in [0.25, 0.3) is 10.9 Å². The van der Waals surface area contributed by atoms with Crippen LogP contribution in [0.2, 0.25) is 5.15 Å². The Kier molecular flexibility index (Phi) is 4.97. The molecule has 4 heterocycles. The molecular formula is C17H20ClFN4OS. The van der Waals surface area contributed by atoms with Crippen LogP contribution >= 0.6 is 23.4 Å². The van der Waals surface area contributed by atoms with Crippen LogP contribution in [0.1, 0.15) is 31.9 Å². The van der Waals surface area contributed by atoms with E-state index in [1.165, 1.54) is 11.8 Å². The van der Waals surface area contributed by atoms with Gasteiger partial charge >= 0.3 is 0 Å². The van der Waals surface area contributed by atoms with E-state index in [0.29, 0.717) is 28.7 Å². The lowest BCUT2D eigenvalue weighted by Crippen LogP contribution is -2.38. The molecular weight excluding hydrogens is 363 g/mol. The summed E-state index contributed by atoms with van der Waals surface area (Å²) in [6.45, 7) is 4.19. The highest BCUT2D eigenvalue weighted by atomic mass is 35.5. The zero-order valence-electron chi connectivity index (χ0n) is 14.1. The second-order valence-electron chi connectivity index (χ2n) is 6.29. The van der Waals surface area contributed by atoms with Crippen molar-refractivity contribution in [3.8, 4) is 0 Å². The summed E-state index contributed by atoms with van der Waals surface area (Å²) < 4.78 is 20.4. The maximum Gasteiger partial charge on any atom is 0.190 e. The molecule has 1 saturated heterocycles. The Balaban J connectivity index is 1.99. The van der Waals surface area contributed by atoms with Crippen molar-refractivity contribution in [2.75, 3.05) is 30.4 Å². The van der Waals surface area contributed by atoms with Gasteiger partial charge in [0.05, 0.1) is 17.7 Å². The molecule has 0 aromatic carbocycles. The molecule has 4 rings (SSSR count). The minimum Gasteiger partial charge on any atom is -0.380 e. The van der Waals surface area contributed by atoms with Gasteiger partial charge < -0.3 is 9.64 Å². The van der Waals surface area contributed by atoms with Crippen LogP contribution in [-0.2, 0) is 11.2 Å². The van der Waals surface area contributed by atoms with E-state index in [-0.39, 0.29) is 5.15 Å². The van der Waals surface area contributed by atoms with Crippen LogP contribution in [-0.4, -0.2) is 46.5 Å². The van der Waals surface area contributed by atoms with Crippen molar-refractivity contribution in [2.24, 2.45) is 0 Å². The van der Waals surface area contributed by atoms with Crippen LogP contribution < -0.4 is 4.90 Å². The van der Waals surface area contributed by atoms with Crippen LogP contribution in [0.5, 0.6) is 0 Å². The number of anilines is 1. The lowest BCUT2D eigenvalue weighted by atomic mass is 9.99. The number of fused-ring (bicyclic) bond motifs is 2. The van der Waals surface area contributed by atoms with E-state index in [9.17, 15) is 4.39 Å². The van der Waals surface area contributed by atoms with Gasteiger partial charge in [0.15, 0.2) is 16.1 Å². The van der Waals surface area contributed by atoms with Crippen molar-refractivity contribution >= 4 is 40.1 Å². The molecule has 1 unspecified atom stereocenters. The number of ether oxygens (including phenoxy) is 1. The second kappa shape index (κ2) is 7.21. The molecule has 1 fully saturated rings. The second-order valence-corrected chi connectivity index (χ2v) is 7.88. The number of nitrogens with zero attached hydrogens (tertiary/aromatic N) is 4. The molecule has 0 amide bonds. The highest BCUT2D eigenvalue weighted by molar-refractivity contribution is 7.99. The van der Waals surface area contributed by atoms with Crippen molar-refractivity contribution in [3.63, 3.8) is 0 Å². The zero-order valence-corrected chi connectivity index (χ0v) is 15.7. The van der Waals surface area contributed by atoms with Crippen molar-refractivity contribution < 1.29 is 9.13 Å². The first-order valence-electron chi connectivity index (χ1n) is 8.71. The molecule has 2 aliphatic heterocycles. The smallest absolute Gasteiger partial charge is 0.190 e. The summed E-state index contributed by atoms with van der Waals surface area (Å²) in [6.07, 6.45) is 3.75. The molecule has 1 atom stereocenters. The van der Waals surface area contributed by atoms with Gasteiger partial charge in [0.1, 0.15) is 11.3 Å². The van der Waals surface area contributed by atoms with Crippen LogP contribution in [0.15, 0.2) is 5.16 Å². The first-order valence-corrected chi connectivity index (χ1v) is 10.1. The molecule has 0 N–H and O–H groups in total. The van der Waals surface area contributed by atoms with Crippen LogP contribution in [0.4, 0.5) is 10.2 Å². The molecule has 0 bridgehead atoms. The van der Waals surface area contributed by atoms with Gasteiger partial charge in [0.2, 0.25) is 0 Å². The normalized spacial score (nSPS) is 20.8. The van der Waals surface area contributed by atoms with Crippen LogP contribution in [0, 0.1) is 5.82 Å². The third kappa shape index (κ3) is 3.17. The molecule has 134 valence electrons. The molecule has 8 heteroatoms. The summed E-state index contributed by atoms with van der Waals surface area (Å²) in [7, 11) is 0. The van der Waals surface area contributed by atoms with E-state index in [0.717, 1.165) is 56.1 Å². The molecule has 2 aliphatic rings. The number of aryl methyl sites for hydroxylation is 1. The summed E-state index contributed by atoms with van der Waals surface area (Å²) in [5.74, 6) is 1.06. The van der Waals surface area contributed by atoms with Gasteiger partial charge in [-0.05, 0) is 31.4 Å². The fraction of sp³-hybridized carbons (Fsp3) is 0.588. The number of hydrogen-bond donors (Lipinski definition) is 0. The Morgan fingerprint density at radius 1 is 1.28 bits per heavy atom. The quantitative estimate of drug-likeness (QED) is 0.446. The standard InChI is InChI=1S/C17H20ClFN4OS/c1-2-25-17-21-14-12-11(20-15(18)13(14)19)5-3-4-10-6-8-24-9-7-23(10)16(12)22-17/h10H,2-9H2,1H3. The molecule has 0 saturated carbocycles. The molecule has 0 aliphatic carbocycles. The molecule has 2 aromatic heterocycles. The van der Waals surface area contributed by atoms with Gasteiger partial charge in [-0.15, -0.1) is 0 Å². The Labute approximate surface area is 155 Å². The largest absolute Gasteiger partial charge is 0.380 e. The van der Waals surface area contributed by atoms with Gasteiger partial charge in [0, 0.05) is 19.2 Å². The predicted molar refractivity (Wildman–Crippen MR) is 98.2 cm³/mol. The van der Waals surface area contributed by atoms with E-state index in [2.05, 4.69) is 14.9 Å². The molecule has 2 aromatic rings. The maximum atomic E-state index is 14.7. The number of aromatic nitrogens is 3. The monoisotopic (exact) mass is 382 g/mol. The maximum absolute atomic E-state index is 14.7. The summed E-state index contributed by atoms with van der Waals surface area (Å²) in [6, 6.07) is 0.354. The number of thioether (sulfide) groups is 1. The zero-order chi connectivity index (χ0) is 17.4. The first-order chi connectivity index (χ1) is 12.2. The van der Waals surface area contributed by atoms with Gasteiger partial charge in [-0.25, -0.2) is 19.3 Å². The SMILES string of the molecule is CCSc1nc2c3c(nc(Cl)c(F)c3n1)CCCC1CCOCCN21. The number of halogens is 2. The summed E-state index contributed by atoms with van der Waals surface area (Å²) in [5.41, 5.74) is 1.09. The topological polar surface area (TPSA) is 51.1 Å². The Morgan fingerprint density at radius 3 is 3.00 bits per heavy atom. The Hall–Kier alpha value is -1.18. The summed E-state index contributed by atoms with van der Waals surface area (Å²) >= 11 is 7.56. The third-order valence-electron chi connectivity index (χ3n) is 4.79. The number of hydrogen-bond acceptors (Lipinski definition) is 6. The fourth-order valence-corrected chi connectivity index (χ4v) is 4.42. The average molecular weight is 383 g/mol. The Morgan fingerprint density at radius 2 is 2.16 bits per heavy atom. The fourth-order valence-electron chi connectivity index (χ4n) is 3.66. The van der Waals surface area contributed by atoms with Crippen molar-refractivity contribution in [1.82, 2.24) is 15.0 Å². The third-order valence-corrected chi connectivity index (χ3v) is 5.77. The minimum absolute atomic E-state index is 0.101. The lowest BCUT2D eigenvalue weighted by Gasteiger charge is -2.33. The molecule has 5 nitrogen and oxygen atoms in total. The van der Waals surface area contributed by atoms with Crippen molar-refractivity contribution in [3.05, 3.63) is 16.7 Å². The van der Waals surface area contributed by atoms with E-state index in [1.807, 2.05) is 6.92 Å². The van der Waals surface area contributed by atoms with Crippen molar-refractivity contribution in [2.45, 2.75) is 43.8 Å². The highest BCUT2D eigenvalue weighted by Crippen LogP contribution is 2.37. The van der Waals surface area contributed by atoms with Gasteiger partial charge in [-0.2, -0.15) is 0 Å². The highest BCUT2D eigenvalue weighted by Gasteiger charge is 2.30. The van der Waals surface area contributed by atoms with Crippen LogP contribution in [0.3, 0.4) is 0 Å². The number of rotatable bonds is 2. The minimum atomic E-state index is -0.551. The van der Waals surface area contributed by atoms with Gasteiger partial charge in [-0.1, -0.05) is 30.3 Å². The van der Waals surface area contributed by atoms with Gasteiger partial charge in [0.25, 0.3) is 0 Å².